The number of rotatable bonds is 5. The molecule has 5 heteroatoms. The second-order valence-corrected chi connectivity index (χ2v) is 5.09. The predicted molar refractivity (Wildman–Crippen MR) is 71.9 cm³/mol. The summed E-state index contributed by atoms with van der Waals surface area (Å²) in [5.41, 5.74) is 6.93. The molecule has 0 radical (unpaired) electrons. The molecule has 0 heterocycles. The van der Waals surface area contributed by atoms with Crippen LogP contribution in [0.3, 0.4) is 0 Å². The van der Waals surface area contributed by atoms with Gasteiger partial charge in [0.25, 0.3) is 0 Å². The molecule has 3 N–H and O–H groups in total. The first-order chi connectivity index (χ1) is 8.92. The van der Waals surface area contributed by atoms with E-state index >= 15 is 0 Å². The van der Waals surface area contributed by atoms with Crippen molar-refractivity contribution < 1.29 is 14.7 Å². The van der Waals surface area contributed by atoms with Gasteiger partial charge in [0.2, 0.25) is 5.91 Å². The van der Waals surface area contributed by atoms with Crippen molar-refractivity contribution in [2.24, 2.45) is 5.73 Å². The monoisotopic (exact) mass is 262 g/mol. The van der Waals surface area contributed by atoms with E-state index in [2.05, 4.69) is 0 Å². The van der Waals surface area contributed by atoms with Gasteiger partial charge in [0, 0.05) is 12.2 Å². The summed E-state index contributed by atoms with van der Waals surface area (Å²) in [5, 5.41) is 8.78. The number of carbonyl (C=O) groups is 2. The number of carboxylic acids is 1. The summed E-state index contributed by atoms with van der Waals surface area (Å²) in [6.45, 7) is 2.11. The molecule has 5 nitrogen and oxygen atoms in total. The molecule has 102 valence electrons. The molecule has 1 aliphatic rings. The van der Waals surface area contributed by atoms with Gasteiger partial charge in [0.15, 0.2) is 0 Å². The molecule has 1 aromatic carbocycles. The van der Waals surface area contributed by atoms with Crippen LogP contribution < -0.4 is 10.6 Å². The fourth-order valence-electron chi connectivity index (χ4n) is 1.90. The number of amides is 1. The normalized spacial score (nSPS) is 15.9. The SMILES string of the molecule is Cc1ccc(N(CCC(=O)O)C(=O)C2(N)CC2)cc1. The summed E-state index contributed by atoms with van der Waals surface area (Å²) in [5.74, 6) is -1.11. The van der Waals surface area contributed by atoms with Gasteiger partial charge >= 0.3 is 5.97 Å². The number of anilines is 1. The highest BCUT2D eigenvalue weighted by atomic mass is 16.4. The molecule has 1 aliphatic carbocycles. The molecule has 19 heavy (non-hydrogen) atoms. The second kappa shape index (κ2) is 5.01. The Balaban J connectivity index is 2.20. The molecule has 0 bridgehead atoms. The number of hydrogen-bond acceptors (Lipinski definition) is 3. The summed E-state index contributed by atoms with van der Waals surface area (Å²) in [4.78, 5) is 24.5. The molecule has 0 aliphatic heterocycles. The number of aliphatic carboxylic acids is 1. The molecule has 1 fully saturated rings. The highest BCUT2D eigenvalue weighted by molar-refractivity contribution is 6.02. The molecular weight excluding hydrogens is 244 g/mol. The van der Waals surface area contributed by atoms with Crippen LogP contribution in [-0.4, -0.2) is 29.1 Å². The molecule has 1 amide bonds. The van der Waals surface area contributed by atoms with E-state index in [0.29, 0.717) is 18.5 Å². The number of aryl methyl sites for hydroxylation is 1. The molecule has 0 saturated heterocycles. The van der Waals surface area contributed by atoms with Crippen LogP contribution >= 0.6 is 0 Å². The van der Waals surface area contributed by atoms with Gasteiger partial charge in [-0.1, -0.05) is 17.7 Å². The van der Waals surface area contributed by atoms with Gasteiger partial charge < -0.3 is 15.7 Å². The van der Waals surface area contributed by atoms with Gasteiger partial charge in [-0.15, -0.1) is 0 Å². The zero-order valence-corrected chi connectivity index (χ0v) is 10.9. The third-order valence-corrected chi connectivity index (χ3v) is 3.35. The van der Waals surface area contributed by atoms with Gasteiger partial charge in [0.1, 0.15) is 0 Å². The third-order valence-electron chi connectivity index (χ3n) is 3.35. The van der Waals surface area contributed by atoms with Crippen molar-refractivity contribution >= 4 is 17.6 Å². The van der Waals surface area contributed by atoms with Crippen LogP contribution in [-0.2, 0) is 9.59 Å². The summed E-state index contributed by atoms with van der Waals surface area (Å²) >= 11 is 0. The zero-order valence-electron chi connectivity index (χ0n) is 10.9. The van der Waals surface area contributed by atoms with Crippen molar-refractivity contribution in [2.45, 2.75) is 31.7 Å². The molecule has 0 aromatic heterocycles. The average Bonchev–Trinajstić information content (AvgIpc) is 3.10. The van der Waals surface area contributed by atoms with E-state index < -0.39 is 11.5 Å². The van der Waals surface area contributed by atoms with Crippen LogP contribution in [0.15, 0.2) is 24.3 Å². The van der Waals surface area contributed by atoms with Crippen molar-refractivity contribution in [3.05, 3.63) is 29.8 Å². The lowest BCUT2D eigenvalue weighted by Crippen LogP contribution is -2.46. The number of carbonyl (C=O) groups excluding carboxylic acids is 1. The Morgan fingerprint density at radius 2 is 1.89 bits per heavy atom. The Kier molecular flexibility index (Phi) is 3.57. The summed E-state index contributed by atoms with van der Waals surface area (Å²) in [7, 11) is 0. The Morgan fingerprint density at radius 1 is 1.32 bits per heavy atom. The number of nitrogens with zero attached hydrogens (tertiary/aromatic N) is 1. The van der Waals surface area contributed by atoms with E-state index in [1.54, 1.807) is 0 Å². The maximum atomic E-state index is 12.3. The van der Waals surface area contributed by atoms with E-state index in [0.717, 1.165) is 5.56 Å². The Labute approximate surface area is 112 Å². The molecule has 0 unspecified atom stereocenters. The van der Waals surface area contributed by atoms with E-state index in [4.69, 9.17) is 10.8 Å². The van der Waals surface area contributed by atoms with Crippen LogP contribution in [0.25, 0.3) is 0 Å². The minimum Gasteiger partial charge on any atom is -0.481 e. The minimum atomic E-state index is -0.924. The van der Waals surface area contributed by atoms with Gasteiger partial charge in [-0.25, -0.2) is 0 Å². The smallest absolute Gasteiger partial charge is 0.305 e. The van der Waals surface area contributed by atoms with E-state index in [-0.39, 0.29) is 18.9 Å². The van der Waals surface area contributed by atoms with Gasteiger partial charge in [-0.3, -0.25) is 9.59 Å². The quantitative estimate of drug-likeness (QED) is 0.837. The lowest BCUT2D eigenvalue weighted by molar-refractivity contribution is -0.136. The van der Waals surface area contributed by atoms with Crippen molar-refractivity contribution in [3.8, 4) is 0 Å². The molecule has 2 rings (SSSR count). The lowest BCUT2D eigenvalue weighted by atomic mass is 10.1. The highest BCUT2D eigenvalue weighted by Gasteiger charge is 2.48. The highest BCUT2D eigenvalue weighted by Crippen LogP contribution is 2.35. The third kappa shape index (κ3) is 3.12. The second-order valence-electron chi connectivity index (χ2n) is 5.09. The van der Waals surface area contributed by atoms with Gasteiger partial charge in [-0.05, 0) is 31.9 Å². The van der Waals surface area contributed by atoms with Crippen molar-refractivity contribution in [3.63, 3.8) is 0 Å². The molecule has 1 saturated carbocycles. The first-order valence-corrected chi connectivity index (χ1v) is 6.32. The average molecular weight is 262 g/mol. The van der Waals surface area contributed by atoms with Crippen LogP contribution in [0, 0.1) is 6.92 Å². The van der Waals surface area contributed by atoms with Gasteiger partial charge in [-0.2, -0.15) is 0 Å². The molecule has 1 aromatic rings. The van der Waals surface area contributed by atoms with Crippen molar-refractivity contribution in [1.29, 1.82) is 0 Å². The van der Waals surface area contributed by atoms with Crippen LogP contribution in [0.1, 0.15) is 24.8 Å². The predicted octanol–water partition coefficient (Wildman–Crippen LogP) is 1.29. The summed E-state index contributed by atoms with van der Waals surface area (Å²) in [6, 6.07) is 7.43. The first-order valence-electron chi connectivity index (χ1n) is 6.32. The zero-order chi connectivity index (χ0) is 14.0. The van der Waals surface area contributed by atoms with E-state index in [9.17, 15) is 9.59 Å². The molecule has 0 spiro atoms. The largest absolute Gasteiger partial charge is 0.481 e. The lowest BCUT2D eigenvalue weighted by Gasteiger charge is -2.25. The molecule has 0 atom stereocenters. The van der Waals surface area contributed by atoms with E-state index in [1.165, 1.54) is 4.90 Å². The van der Waals surface area contributed by atoms with Crippen LogP contribution in [0.4, 0.5) is 5.69 Å². The van der Waals surface area contributed by atoms with Crippen molar-refractivity contribution in [1.82, 2.24) is 0 Å². The fraction of sp³-hybridized carbons (Fsp3) is 0.429. The minimum absolute atomic E-state index is 0.0876. The molecular formula is C14H18N2O3. The van der Waals surface area contributed by atoms with Crippen LogP contribution in [0.2, 0.25) is 0 Å². The first kappa shape index (κ1) is 13.5. The topological polar surface area (TPSA) is 83.6 Å². The summed E-state index contributed by atoms with van der Waals surface area (Å²) < 4.78 is 0. The van der Waals surface area contributed by atoms with E-state index in [1.807, 2.05) is 31.2 Å². The maximum absolute atomic E-state index is 12.3. The number of hydrogen-bond donors (Lipinski definition) is 2. The number of carboxylic acid groups (broad SMARTS) is 1. The Morgan fingerprint density at radius 3 is 2.37 bits per heavy atom. The maximum Gasteiger partial charge on any atom is 0.305 e. The fourth-order valence-corrected chi connectivity index (χ4v) is 1.90. The summed E-state index contributed by atoms with van der Waals surface area (Å²) in [6.07, 6.45) is 1.25. The Hall–Kier alpha value is -1.88. The standard InChI is InChI=1S/C14H18N2O3/c1-10-2-4-11(5-3-10)16(9-6-12(17)18)13(19)14(15)7-8-14/h2-5H,6-9,15H2,1H3,(H,17,18). The van der Waals surface area contributed by atoms with Crippen molar-refractivity contribution in [2.75, 3.05) is 11.4 Å². The number of benzene rings is 1. The van der Waals surface area contributed by atoms with Gasteiger partial charge in [0.05, 0.1) is 12.0 Å². The Bertz CT molecular complexity index is 492. The van der Waals surface area contributed by atoms with Crippen LogP contribution in [0.5, 0.6) is 0 Å². The number of nitrogens with two attached hydrogens (primary N) is 1.